The van der Waals surface area contributed by atoms with Crippen molar-refractivity contribution in [2.45, 2.75) is 25.8 Å². The predicted molar refractivity (Wildman–Crippen MR) is 72.4 cm³/mol. The van der Waals surface area contributed by atoms with Crippen LogP contribution in [0.2, 0.25) is 0 Å². The van der Waals surface area contributed by atoms with Gasteiger partial charge >= 0.3 is 0 Å². The van der Waals surface area contributed by atoms with Crippen molar-refractivity contribution in [3.63, 3.8) is 0 Å². The third-order valence-electron chi connectivity index (χ3n) is 3.65. The van der Waals surface area contributed by atoms with Crippen molar-refractivity contribution in [1.82, 2.24) is 20.4 Å². The summed E-state index contributed by atoms with van der Waals surface area (Å²) < 4.78 is 10.4. The molecular formula is C14H18N4O2. The summed E-state index contributed by atoms with van der Waals surface area (Å²) in [6, 6.07) is 3.97. The molecule has 3 heterocycles. The topological polar surface area (TPSA) is 73.1 Å². The molecule has 6 nitrogen and oxygen atoms in total. The van der Waals surface area contributed by atoms with E-state index in [4.69, 9.17) is 9.26 Å². The molecule has 1 saturated heterocycles. The summed E-state index contributed by atoms with van der Waals surface area (Å²) in [5, 5.41) is 7.44. The summed E-state index contributed by atoms with van der Waals surface area (Å²) in [6.45, 7) is 3.20. The first-order valence-electron chi connectivity index (χ1n) is 6.81. The zero-order chi connectivity index (χ0) is 13.9. The van der Waals surface area contributed by atoms with Crippen molar-refractivity contribution in [3.05, 3.63) is 35.6 Å². The van der Waals surface area contributed by atoms with Crippen molar-refractivity contribution in [2.75, 3.05) is 13.7 Å². The fourth-order valence-corrected chi connectivity index (χ4v) is 2.45. The molecule has 106 valence electrons. The van der Waals surface area contributed by atoms with E-state index in [9.17, 15) is 0 Å². The molecule has 1 fully saturated rings. The molecule has 0 bridgehead atoms. The van der Waals surface area contributed by atoms with Gasteiger partial charge in [-0.25, -0.2) is 4.98 Å². The maximum atomic E-state index is 5.37. The number of hydrogen-bond acceptors (Lipinski definition) is 6. The number of hydrogen-bond donors (Lipinski definition) is 1. The molecule has 3 rings (SSSR count). The van der Waals surface area contributed by atoms with E-state index < -0.39 is 0 Å². The Balaban J connectivity index is 1.70. The zero-order valence-electron chi connectivity index (χ0n) is 11.7. The van der Waals surface area contributed by atoms with Gasteiger partial charge in [0.25, 0.3) is 0 Å². The van der Waals surface area contributed by atoms with Crippen LogP contribution in [0.4, 0.5) is 0 Å². The predicted octanol–water partition coefficient (Wildman–Crippen LogP) is 1.73. The van der Waals surface area contributed by atoms with Gasteiger partial charge in [0, 0.05) is 18.7 Å². The van der Waals surface area contributed by atoms with Gasteiger partial charge in [0.2, 0.25) is 11.8 Å². The lowest BCUT2D eigenvalue weighted by Gasteiger charge is -2.09. The lowest BCUT2D eigenvalue weighted by molar-refractivity contribution is 0.317. The Bertz CT molecular complexity index is 567. The van der Waals surface area contributed by atoms with Crippen LogP contribution in [0, 0.1) is 5.92 Å². The van der Waals surface area contributed by atoms with Crippen LogP contribution in [0.5, 0.6) is 5.88 Å². The molecule has 0 aliphatic carbocycles. The van der Waals surface area contributed by atoms with Gasteiger partial charge in [-0.15, -0.1) is 0 Å². The molecule has 2 aromatic heterocycles. The Labute approximate surface area is 117 Å². The van der Waals surface area contributed by atoms with Gasteiger partial charge in [0.05, 0.1) is 13.2 Å². The lowest BCUT2D eigenvalue weighted by Crippen LogP contribution is -2.16. The highest BCUT2D eigenvalue weighted by atomic mass is 16.5. The number of rotatable bonds is 4. The number of nitrogens with one attached hydrogen (secondary N) is 1. The second-order valence-electron chi connectivity index (χ2n) is 5.13. The molecule has 2 atom stereocenters. The molecule has 1 N–H and O–H groups in total. The molecule has 0 amide bonds. The van der Waals surface area contributed by atoms with E-state index in [2.05, 4.69) is 27.4 Å². The van der Waals surface area contributed by atoms with E-state index >= 15 is 0 Å². The fraction of sp³-hybridized carbons (Fsp3) is 0.500. The first-order chi connectivity index (χ1) is 9.76. The molecule has 20 heavy (non-hydrogen) atoms. The number of aromatic nitrogens is 3. The van der Waals surface area contributed by atoms with Gasteiger partial charge in [-0.05, 0) is 24.4 Å². The van der Waals surface area contributed by atoms with E-state index in [1.807, 2.05) is 12.1 Å². The van der Waals surface area contributed by atoms with Crippen LogP contribution in [0.15, 0.2) is 22.9 Å². The highest BCUT2D eigenvalue weighted by Gasteiger charge is 2.29. The number of methoxy groups -OCH3 is 1. The molecule has 0 aromatic carbocycles. The van der Waals surface area contributed by atoms with Crippen molar-refractivity contribution in [2.24, 2.45) is 5.92 Å². The molecule has 1 aliphatic rings. The second kappa shape index (κ2) is 5.58. The van der Waals surface area contributed by atoms with Gasteiger partial charge in [-0.1, -0.05) is 18.1 Å². The molecule has 2 unspecified atom stereocenters. The molecule has 0 radical (unpaired) electrons. The summed E-state index contributed by atoms with van der Waals surface area (Å²) in [4.78, 5) is 8.65. The lowest BCUT2D eigenvalue weighted by atomic mass is 10.0. The van der Waals surface area contributed by atoms with Crippen LogP contribution >= 0.6 is 0 Å². The highest BCUT2D eigenvalue weighted by Crippen LogP contribution is 2.27. The Morgan fingerprint density at radius 2 is 2.35 bits per heavy atom. The normalized spacial score (nSPS) is 22.1. The minimum absolute atomic E-state index is 0.185. The van der Waals surface area contributed by atoms with Crippen molar-refractivity contribution >= 4 is 0 Å². The smallest absolute Gasteiger partial charge is 0.244 e. The van der Waals surface area contributed by atoms with E-state index in [-0.39, 0.29) is 6.04 Å². The van der Waals surface area contributed by atoms with Crippen LogP contribution in [0.3, 0.4) is 0 Å². The standard InChI is InChI=1S/C14H18N4O2/c1-9-5-6-15-13(9)14-17-11(18-20-14)7-10-3-4-12(19-2)16-8-10/h3-4,8-9,13,15H,5-7H2,1-2H3. The number of ether oxygens (including phenoxy) is 1. The second-order valence-corrected chi connectivity index (χ2v) is 5.13. The first kappa shape index (κ1) is 13.1. The average Bonchev–Trinajstić information content (AvgIpc) is 3.08. The molecular weight excluding hydrogens is 256 g/mol. The average molecular weight is 274 g/mol. The molecule has 2 aromatic rings. The summed E-state index contributed by atoms with van der Waals surface area (Å²) >= 11 is 0. The van der Waals surface area contributed by atoms with Crippen LogP contribution in [0.1, 0.15) is 36.7 Å². The third kappa shape index (κ3) is 2.65. The summed E-state index contributed by atoms with van der Waals surface area (Å²) in [6.07, 6.45) is 3.53. The minimum Gasteiger partial charge on any atom is -0.481 e. The Morgan fingerprint density at radius 1 is 1.45 bits per heavy atom. The molecule has 6 heteroatoms. The van der Waals surface area contributed by atoms with E-state index in [1.54, 1.807) is 13.3 Å². The fourth-order valence-electron chi connectivity index (χ4n) is 2.45. The Hall–Kier alpha value is -1.95. The Kier molecular flexibility index (Phi) is 3.64. The van der Waals surface area contributed by atoms with Crippen molar-refractivity contribution < 1.29 is 9.26 Å². The minimum atomic E-state index is 0.185. The van der Waals surface area contributed by atoms with Gasteiger partial charge in [0.1, 0.15) is 0 Å². The summed E-state index contributed by atoms with van der Waals surface area (Å²) in [5.41, 5.74) is 1.03. The summed E-state index contributed by atoms with van der Waals surface area (Å²) in [5.74, 6) is 2.51. The maximum absolute atomic E-state index is 5.37. The largest absolute Gasteiger partial charge is 0.481 e. The highest BCUT2D eigenvalue weighted by molar-refractivity contribution is 5.20. The maximum Gasteiger partial charge on any atom is 0.244 e. The van der Waals surface area contributed by atoms with E-state index in [0.29, 0.717) is 29.9 Å². The van der Waals surface area contributed by atoms with Gasteiger partial charge < -0.3 is 14.6 Å². The molecule has 0 saturated carbocycles. The van der Waals surface area contributed by atoms with Crippen molar-refractivity contribution in [1.29, 1.82) is 0 Å². The summed E-state index contributed by atoms with van der Waals surface area (Å²) in [7, 11) is 1.60. The number of pyridine rings is 1. The number of nitrogens with zero attached hydrogens (tertiary/aromatic N) is 3. The van der Waals surface area contributed by atoms with E-state index in [0.717, 1.165) is 18.5 Å². The SMILES string of the molecule is COc1ccc(Cc2noc(C3NCCC3C)n2)cn1. The van der Waals surface area contributed by atoms with Gasteiger partial charge in [-0.3, -0.25) is 0 Å². The quantitative estimate of drug-likeness (QED) is 0.915. The molecule has 1 aliphatic heterocycles. The van der Waals surface area contributed by atoms with Crippen LogP contribution in [0.25, 0.3) is 0 Å². The van der Waals surface area contributed by atoms with Crippen LogP contribution in [-0.4, -0.2) is 28.8 Å². The Morgan fingerprint density at radius 3 is 3.00 bits per heavy atom. The van der Waals surface area contributed by atoms with Crippen LogP contribution < -0.4 is 10.1 Å². The van der Waals surface area contributed by atoms with Gasteiger partial charge in [-0.2, -0.15) is 4.98 Å². The van der Waals surface area contributed by atoms with E-state index in [1.165, 1.54) is 0 Å². The zero-order valence-corrected chi connectivity index (χ0v) is 11.7. The monoisotopic (exact) mass is 274 g/mol. The molecule has 0 spiro atoms. The van der Waals surface area contributed by atoms with Crippen molar-refractivity contribution in [3.8, 4) is 5.88 Å². The third-order valence-corrected chi connectivity index (χ3v) is 3.65. The first-order valence-corrected chi connectivity index (χ1v) is 6.81. The van der Waals surface area contributed by atoms with Gasteiger partial charge in [0.15, 0.2) is 5.82 Å². The van der Waals surface area contributed by atoms with Crippen LogP contribution in [-0.2, 0) is 6.42 Å².